The lowest BCUT2D eigenvalue weighted by Crippen LogP contribution is -2.51. The molecule has 0 unspecified atom stereocenters. The van der Waals surface area contributed by atoms with Crippen molar-refractivity contribution < 1.29 is 14.3 Å². The maximum Gasteiger partial charge on any atom is 0.326 e. The number of amides is 1. The van der Waals surface area contributed by atoms with E-state index >= 15 is 0 Å². The molecule has 7 nitrogen and oxygen atoms in total. The van der Waals surface area contributed by atoms with Gasteiger partial charge in [0.05, 0.1) is 11.7 Å². The van der Waals surface area contributed by atoms with Crippen LogP contribution >= 0.6 is 11.3 Å². The molecule has 1 amide bonds. The molecule has 156 valence electrons. The van der Waals surface area contributed by atoms with E-state index in [2.05, 4.69) is 4.98 Å². The van der Waals surface area contributed by atoms with Crippen LogP contribution in [0.15, 0.2) is 11.1 Å². The van der Waals surface area contributed by atoms with Crippen LogP contribution in [0.4, 0.5) is 0 Å². The standard InChI is InChI=1S/C21H27N3O4S/c1-13-14(2)29-20-19(13)21(27)23(12-22-20)10-18(26)28-11-17(25)24-9-5-7-15-6-3-4-8-16(15)24/h12,15-16H,3-11H2,1-2H3/t15-,16+/m1/s1. The Labute approximate surface area is 173 Å². The molecule has 1 aliphatic heterocycles. The molecule has 8 heteroatoms. The van der Waals surface area contributed by atoms with E-state index in [1.807, 2.05) is 18.7 Å². The van der Waals surface area contributed by atoms with Crippen molar-refractivity contribution >= 4 is 33.4 Å². The van der Waals surface area contributed by atoms with Crippen LogP contribution in [0.5, 0.6) is 0 Å². The maximum absolute atomic E-state index is 12.7. The molecular formula is C21H27N3O4S. The lowest BCUT2D eigenvalue weighted by Gasteiger charge is -2.44. The van der Waals surface area contributed by atoms with E-state index in [0.29, 0.717) is 22.2 Å². The zero-order valence-corrected chi connectivity index (χ0v) is 17.8. The van der Waals surface area contributed by atoms with Crippen molar-refractivity contribution in [3.8, 4) is 0 Å². The number of esters is 1. The summed E-state index contributed by atoms with van der Waals surface area (Å²) >= 11 is 1.47. The van der Waals surface area contributed by atoms with Crippen LogP contribution in [0.25, 0.3) is 10.2 Å². The summed E-state index contributed by atoms with van der Waals surface area (Å²) in [5.74, 6) is -0.130. The van der Waals surface area contributed by atoms with Crippen molar-refractivity contribution in [3.05, 3.63) is 27.1 Å². The maximum atomic E-state index is 12.7. The van der Waals surface area contributed by atoms with Gasteiger partial charge in [-0.15, -0.1) is 11.3 Å². The Morgan fingerprint density at radius 3 is 2.79 bits per heavy atom. The Bertz CT molecular complexity index is 994. The van der Waals surface area contributed by atoms with Crippen molar-refractivity contribution in [1.82, 2.24) is 14.5 Å². The van der Waals surface area contributed by atoms with E-state index < -0.39 is 5.97 Å². The summed E-state index contributed by atoms with van der Waals surface area (Å²) in [6, 6.07) is 0.294. The Morgan fingerprint density at radius 2 is 1.97 bits per heavy atom. The topological polar surface area (TPSA) is 81.5 Å². The van der Waals surface area contributed by atoms with Gasteiger partial charge < -0.3 is 9.64 Å². The molecule has 1 saturated heterocycles. The second kappa shape index (κ2) is 8.26. The number of aromatic nitrogens is 2. The molecule has 2 aromatic heterocycles. The molecule has 2 atom stereocenters. The Kier molecular flexibility index (Phi) is 5.72. The minimum Gasteiger partial charge on any atom is -0.454 e. The molecule has 0 spiro atoms. The Hall–Kier alpha value is -2.22. The highest BCUT2D eigenvalue weighted by Crippen LogP contribution is 2.35. The summed E-state index contributed by atoms with van der Waals surface area (Å²) in [5.41, 5.74) is 0.647. The van der Waals surface area contributed by atoms with Gasteiger partial charge in [0.2, 0.25) is 0 Å². The molecule has 2 aromatic rings. The molecular weight excluding hydrogens is 390 g/mol. The molecule has 3 heterocycles. The van der Waals surface area contributed by atoms with E-state index in [0.717, 1.165) is 36.2 Å². The quantitative estimate of drug-likeness (QED) is 0.715. The molecule has 0 bridgehead atoms. The number of likely N-dealkylation sites (tertiary alicyclic amines) is 1. The van der Waals surface area contributed by atoms with Crippen LogP contribution in [0.1, 0.15) is 49.0 Å². The van der Waals surface area contributed by atoms with Gasteiger partial charge in [-0.05, 0) is 51.0 Å². The molecule has 0 N–H and O–H groups in total. The van der Waals surface area contributed by atoms with Crippen molar-refractivity contribution in [2.75, 3.05) is 13.2 Å². The van der Waals surface area contributed by atoms with Gasteiger partial charge in [-0.3, -0.25) is 19.0 Å². The average Bonchev–Trinajstić information content (AvgIpc) is 3.02. The predicted molar refractivity (Wildman–Crippen MR) is 111 cm³/mol. The van der Waals surface area contributed by atoms with Gasteiger partial charge in [0.25, 0.3) is 11.5 Å². The third-order valence-electron chi connectivity index (χ3n) is 6.38. The number of nitrogens with zero attached hydrogens (tertiary/aromatic N) is 3. The summed E-state index contributed by atoms with van der Waals surface area (Å²) in [6.45, 7) is 4.07. The van der Waals surface area contributed by atoms with Gasteiger partial charge >= 0.3 is 5.97 Å². The fraction of sp³-hybridized carbons (Fsp3) is 0.619. The van der Waals surface area contributed by atoms with Crippen LogP contribution in [-0.2, 0) is 20.9 Å². The molecule has 2 fully saturated rings. The number of hydrogen-bond donors (Lipinski definition) is 0. The van der Waals surface area contributed by atoms with Crippen LogP contribution in [-0.4, -0.2) is 45.5 Å². The van der Waals surface area contributed by atoms with Gasteiger partial charge in [0.1, 0.15) is 11.4 Å². The van der Waals surface area contributed by atoms with Crippen molar-refractivity contribution in [2.45, 2.75) is 65.0 Å². The van der Waals surface area contributed by atoms with E-state index in [9.17, 15) is 14.4 Å². The molecule has 0 aromatic carbocycles. The predicted octanol–water partition coefficient (Wildman–Crippen LogP) is 2.80. The molecule has 29 heavy (non-hydrogen) atoms. The number of aryl methyl sites for hydroxylation is 2. The monoisotopic (exact) mass is 417 g/mol. The third-order valence-corrected chi connectivity index (χ3v) is 7.49. The first-order chi connectivity index (χ1) is 14.0. The Balaban J connectivity index is 1.38. The SMILES string of the molecule is Cc1sc2ncn(CC(=O)OCC(=O)N3CCC[C@H]4CCCC[C@@H]43)c(=O)c2c1C. The Morgan fingerprint density at radius 1 is 1.21 bits per heavy atom. The molecule has 2 aliphatic rings. The van der Waals surface area contributed by atoms with Crippen molar-refractivity contribution in [1.29, 1.82) is 0 Å². The number of carbonyl (C=O) groups is 2. The number of piperidine rings is 1. The molecule has 1 aliphatic carbocycles. The number of rotatable bonds is 4. The van der Waals surface area contributed by atoms with E-state index in [-0.39, 0.29) is 24.6 Å². The lowest BCUT2D eigenvalue weighted by molar-refractivity contribution is -0.155. The minimum absolute atomic E-state index is 0.125. The number of carbonyl (C=O) groups excluding carboxylic acids is 2. The highest BCUT2D eigenvalue weighted by molar-refractivity contribution is 7.18. The van der Waals surface area contributed by atoms with Gasteiger partial charge in [-0.2, -0.15) is 0 Å². The first kappa shape index (κ1) is 20.1. The highest BCUT2D eigenvalue weighted by atomic mass is 32.1. The molecule has 1 saturated carbocycles. The lowest BCUT2D eigenvalue weighted by atomic mass is 9.78. The second-order valence-electron chi connectivity index (χ2n) is 8.14. The van der Waals surface area contributed by atoms with E-state index in [4.69, 9.17) is 4.74 Å². The largest absolute Gasteiger partial charge is 0.454 e. The van der Waals surface area contributed by atoms with Crippen molar-refractivity contribution in [2.24, 2.45) is 5.92 Å². The summed E-state index contributed by atoms with van der Waals surface area (Å²) < 4.78 is 6.48. The van der Waals surface area contributed by atoms with Crippen LogP contribution in [0.3, 0.4) is 0 Å². The average molecular weight is 418 g/mol. The highest BCUT2D eigenvalue weighted by Gasteiger charge is 2.35. The summed E-state index contributed by atoms with van der Waals surface area (Å²) in [4.78, 5) is 45.6. The van der Waals surface area contributed by atoms with Crippen LogP contribution in [0, 0.1) is 19.8 Å². The van der Waals surface area contributed by atoms with Gasteiger partial charge in [0, 0.05) is 17.5 Å². The number of thiophene rings is 1. The smallest absolute Gasteiger partial charge is 0.326 e. The fourth-order valence-corrected chi connectivity index (χ4v) is 5.71. The number of hydrogen-bond acceptors (Lipinski definition) is 6. The second-order valence-corrected chi connectivity index (χ2v) is 9.35. The zero-order chi connectivity index (χ0) is 20.5. The first-order valence-electron chi connectivity index (χ1n) is 10.4. The summed E-state index contributed by atoms with van der Waals surface area (Å²) in [5, 5.41) is 0.551. The zero-order valence-electron chi connectivity index (χ0n) is 17.0. The normalized spacial score (nSPS) is 21.8. The first-order valence-corrected chi connectivity index (χ1v) is 11.2. The third kappa shape index (κ3) is 3.95. The van der Waals surface area contributed by atoms with Crippen LogP contribution < -0.4 is 5.56 Å². The minimum atomic E-state index is -0.594. The summed E-state index contributed by atoms with van der Waals surface area (Å²) in [7, 11) is 0. The molecule has 0 radical (unpaired) electrons. The van der Waals surface area contributed by atoms with Gasteiger partial charge in [-0.25, -0.2) is 4.98 Å². The summed E-state index contributed by atoms with van der Waals surface area (Å²) in [6.07, 6.45) is 8.22. The molecule has 4 rings (SSSR count). The van der Waals surface area contributed by atoms with Gasteiger partial charge in [0.15, 0.2) is 6.61 Å². The fourth-order valence-electron chi connectivity index (χ4n) is 4.73. The van der Waals surface area contributed by atoms with Gasteiger partial charge in [-0.1, -0.05) is 12.8 Å². The van der Waals surface area contributed by atoms with E-state index in [1.165, 1.54) is 41.5 Å². The number of fused-ring (bicyclic) bond motifs is 2. The van der Waals surface area contributed by atoms with E-state index in [1.54, 1.807) is 0 Å². The van der Waals surface area contributed by atoms with Crippen LogP contribution in [0.2, 0.25) is 0 Å². The van der Waals surface area contributed by atoms with Crippen molar-refractivity contribution in [3.63, 3.8) is 0 Å². The number of ether oxygens (including phenoxy) is 1.